The largest absolute Gasteiger partial charge is 0.375 e. The molecule has 1 aliphatic rings. The van der Waals surface area contributed by atoms with Crippen molar-refractivity contribution in [3.8, 4) is 0 Å². The van der Waals surface area contributed by atoms with Crippen molar-refractivity contribution in [3.63, 3.8) is 0 Å². The first-order valence-electron chi connectivity index (χ1n) is 6.97. The minimum atomic E-state index is -0.120. The number of carbonyl (C=O) groups is 1. The van der Waals surface area contributed by atoms with Crippen molar-refractivity contribution in [1.29, 1.82) is 0 Å². The molecule has 0 radical (unpaired) electrons. The van der Waals surface area contributed by atoms with E-state index in [-0.39, 0.29) is 11.5 Å². The Bertz CT molecular complexity index is 414. The molecule has 106 valence electrons. The lowest BCUT2D eigenvalue weighted by molar-refractivity contribution is -0.140. The second-order valence-corrected chi connectivity index (χ2v) is 6.74. The van der Waals surface area contributed by atoms with Crippen LogP contribution in [0.2, 0.25) is 0 Å². The molecular weight excluding hydrogens is 258 g/mol. The minimum absolute atomic E-state index is 0.120. The van der Waals surface area contributed by atoms with Crippen LogP contribution in [-0.4, -0.2) is 29.1 Å². The zero-order valence-electron chi connectivity index (χ0n) is 12.0. The molecule has 2 rings (SSSR count). The molecule has 0 aromatic carbocycles. The minimum Gasteiger partial charge on any atom is -0.375 e. The van der Waals surface area contributed by atoms with Crippen LogP contribution >= 0.6 is 11.3 Å². The van der Waals surface area contributed by atoms with E-state index in [1.807, 2.05) is 13.0 Å². The second kappa shape index (κ2) is 6.06. The number of hydrogen-bond donors (Lipinski definition) is 0. The van der Waals surface area contributed by atoms with Crippen LogP contribution in [0.1, 0.15) is 44.9 Å². The van der Waals surface area contributed by atoms with E-state index in [2.05, 4.69) is 30.2 Å². The van der Waals surface area contributed by atoms with Crippen LogP contribution < -0.4 is 0 Å². The van der Waals surface area contributed by atoms with E-state index in [0.29, 0.717) is 12.5 Å². The highest BCUT2D eigenvalue weighted by atomic mass is 32.1. The molecule has 2 heterocycles. The maximum Gasteiger partial charge on any atom is 0.222 e. The van der Waals surface area contributed by atoms with Crippen molar-refractivity contribution in [2.45, 2.75) is 58.2 Å². The molecule has 19 heavy (non-hydrogen) atoms. The van der Waals surface area contributed by atoms with E-state index in [1.165, 1.54) is 4.88 Å². The van der Waals surface area contributed by atoms with Gasteiger partial charge >= 0.3 is 0 Å². The summed E-state index contributed by atoms with van der Waals surface area (Å²) in [6.45, 7) is 7.65. The van der Waals surface area contributed by atoms with E-state index in [4.69, 9.17) is 4.74 Å². The highest BCUT2D eigenvalue weighted by molar-refractivity contribution is 7.09. The predicted octanol–water partition coefficient (Wildman–Crippen LogP) is 3.44. The lowest BCUT2D eigenvalue weighted by Crippen LogP contribution is -2.47. The Balaban J connectivity index is 2.10. The van der Waals surface area contributed by atoms with Gasteiger partial charge in [-0.05, 0) is 38.1 Å². The van der Waals surface area contributed by atoms with Crippen LogP contribution in [-0.2, 0) is 16.1 Å². The Morgan fingerprint density at radius 3 is 2.95 bits per heavy atom. The van der Waals surface area contributed by atoms with E-state index < -0.39 is 0 Å². The number of thiophene rings is 1. The Labute approximate surface area is 119 Å². The fraction of sp³-hybridized carbons (Fsp3) is 0.667. The summed E-state index contributed by atoms with van der Waals surface area (Å²) in [6.07, 6.45) is 2.44. The first-order valence-corrected chi connectivity index (χ1v) is 7.85. The Kier molecular flexibility index (Phi) is 4.63. The number of carbonyl (C=O) groups excluding carboxylic acids is 1. The molecule has 0 saturated carbocycles. The smallest absolute Gasteiger partial charge is 0.222 e. The molecule has 1 amide bonds. The van der Waals surface area contributed by atoms with Crippen molar-refractivity contribution in [1.82, 2.24) is 4.90 Å². The van der Waals surface area contributed by atoms with Gasteiger partial charge in [0.2, 0.25) is 5.91 Å². The van der Waals surface area contributed by atoms with Crippen LogP contribution in [0.3, 0.4) is 0 Å². The van der Waals surface area contributed by atoms with E-state index in [1.54, 1.807) is 11.3 Å². The average molecular weight is 281 g/mol. The maximum absolute atomic E-state index is 12.2. The molecule has 0 N–H and O–H groups in total. The standard InChI is InChI=1S/C15H23NO2S/c1-4-14(17)16(11-13-6-5-9-19-13)12-7-8-18-15(2,3)10-12/h5-6,9,12H,4,7-8,10-11H2,1-3H3/t12-/m0/s1. The summed E-state index contributed by atoms with van der Waals surface area (Å²) >= 11 is 1.72. The highest BCUT2D eigenvalue weighted by Crippen LogP contribution is 2.29. The molecule has 0 aliphatic carbocycles. The van der Waals surface area contributed by atoms with Gasteiger partial charge in [0.1, 0.15) is 0 Å². The number of hydrogen-bond acceptors (Lipinski definition) is 3. The van der Waals surface area contributed by atoms with E-state index >= 15 is 0 Å². The predicted molar refractivity (Wildman–Crippen MR) is 78.2 cm³/mol. The van der Waals surface area contributed by atoms with Gasteiger partial charge in [-0.3, -0.25) is 4.79 Å². The Morgan fingerprint density at radius 2 is 2.37 bits per heavy atom. The SMILES string of the molecule is CCC(=O)N(Cc1cccs1)[C@H]1CCOC(C)(C)C1. The van der Waals surface area contributed by atoms with Crippen molar-refractivity contribution in [2.75, 3.05) is 6.61 Å². The molecule has 0 spiro atoms. The maximum atomic E-state index is 12.2. The zero-order chi connectivity index (χ0) is 13.9. The van der Waals surface area contributed by atoms with Gasteiger partial charge < -0.3 is 9.64 Å². The molecule has 1 aliphatic heterocycles. The van der Waals surface area contributed by atoms with Crippen LogP contribution in [0.25, 0.3) is 0 Å². The summed E-state index contributed by atoms with van der Waals surface area (Å²) in [6, 6.07) is 4.45. The van der Waals surface area contributed by atoms with Gasteiger partial charge in [-0.25, -0.2) is 0 Å². The fourth-order valence-electron chi connectivity index (χ4n) is 2.66. The normalized spacial score (nSPS) is 22.2. The van der Waals surface area contributed by atoms with Crippen LogP contribution in [0.4, 0.5) is 0 Å². The third-order valence-electron chi connectivity index (χ3n) is 3.64. The van der Waals surface area contributed by atoms with Crippen LogP contribution in [0.5, 0.6) is 0 Å². The molecule has 0 unspecified atom stereocenters. The summed E-state index contributed by atoms with van der Waals surface area (Å²) in [4.78, 5) is 15.5. The van der Waals surface area contributed by atoms with E-state index in [0.717, 1.165) is 26.0 Å². The van der Waals surface area contributed by atoms with E-state index in [9.17, 15) is 4.79 Å². The summed E-state index contributed by atoms with van der Waals surface area (Å²) < 4.78 is 5.76. The van der Waals surface area contributed by atoms with Gasteiger partial charge in [-0.2, -0.15) is 0 Å². The average Bonchev–Trinajstić information content (AvgIpc) is 2.86. The lowest BCUT2D eigenvalue weighted by Gasteiger charge is -2.41. The number of ether oxygens (including phenoxy) is 1. The van der Waals surface area contributed by atoms with Crippen molar-refractivity contribution < 1.29 is 9.53 Å². The molecule has 0 bridgehead atoms. The van der Waals surface area contributed by atoms with Crippen LogP contribution in [0.15, 0.2) is 17.5 Å². The number of rotatable bonds is 4. The molecule has 1 fully saturated rings. The fourth-order valence-corrected chi connectivity index (χ4v) is 3.36. The summed E-state index contributed by atoms with van der Waals surface area (Å²) in [5.74, 6) is 0.246. The molecule has 4 heteroatoms. The summed E-state index contributed by atoms with van der Waals surface area (Å²) in [5.41, 5.74) is -0.120. The molecule has 1 aromatic rings. The van der Waals surface area contributed by atoms with Gasteiger partial charge in [0.05, 0.1) is 12.1 Å². The van der Waals surface area contributed by atoms with Crippen LogP contribution in [0, 0.1) is 0 Å². The third-order valence-corrected chi connectivity index (χ3v) is 4.50. The topological polar surface area (TPSA) is 29.5 Å². The zero-order valence-corrected chi connectivity index (χ0v) is 12.8. The van der Waals surface area contributed by atoms with Gasteiger partial charge in [-0.15, -0.1) is 11.3 Å². The summed E-state index contributed by atoms with van der Waals surface area (Å²) in [7, 11) is 0. The number of amides is 1. The van der Waals surface area contributed by atoms with Gasteiger partial charge in [-0.1, -0.05) is 13.0 Å². The Morgan fingerprint density at radius 1 is 1.58 bits per heavy atom. The lowest BCUT2D eigenvalue weighted by atomic mass is 9.92. The van der Waals surface area contributed by atoms with Gasteiger partial charge in [0.15, 0.2) is 0 Å². The van der Waals surface area contributed by atoms with Crippen molar-refractivity contribution in [3.05, 3.63) is 22.4 Å². The van der Waals surface area contributed by atoms with Crippen molar-refractivity contribution >= 4 is 17.2 Å². The molecule has 3 nitrogen and oxygen atoms in total. The molecule has 1 atom stereocenters. The Hall–Kier alpha value is -0.870. The van der Waals surface area contributed by atoms with Gasteiger partial charge in [0, 0.05) is 23.9 Å². The monoisotopic (exact) mass is 281 g/mol. The molecular formula is C15H23NO2S. The third kappa shape index (κ3) is 3.80. The molecule has 1 aromatic heterocycles. The first-order chi connectivity index (χ1) is 9.02. The first kappa shape index (κ1) is 14.5. The molecule has 1 saturated heterocycles. The second-order valence-electron chi connectivity index (χ2n) is 5.71. The number of nitrogens with zero attached hydrogens (tertiary/aromatic N) is 1. The highest BCUT2D eigenvalue weighted by Gasteiger charge is 2.33. The van der Waals surface area contributed by atoms with Gasteiger partial charge in [0.25, 0.3) is 0 Å². The summed E-state index contributed by atoms with van der Waals surface area (Å²) in [5, 5.41) is 2.07. The van der Waals surface area contributed by atoms with Crippen molar-refractivity contribution in [2.24, 2.45) is 0 Å². The quantitative estimate of drug-likeness (QED) is 0.846.